The highest BCUT2D eigenvalue weighted by atomic mass is 16.8. The summed E-state index contributed by atoms with van der Waals surface area (Å²) in [7, 11) is 1.58. The monoisotopic (exact) mass is 218 g/mol. The van der Waals surface area contributed by atoms with Gasteiger partial charge in [0.1, 0.15) is 6.10 Å². The molecule has 0 amide bonds. The first-order valence-corrected chi connectivity index (χ1v) is 5.18. The Balaban J connectivity index is 2.14. The summed E-state index contributed by atoms with van der Waals surface area (Å²) in [5, 5.41) is 9.21. The number of fused-ring (bicyclic) bond motifs is 1. The van der Waals surface area contributed by atoms with Gasteiger partial charge in [0, 0.05) is 13.0 Å². The number of aliphatic hydroxyl groups excluding tert-OH is 1. The van der Waals surface area contributed by atoms with Crippen molar-refractivity contribution in [1.29, 1.82) is 0 Å². The van der Waals surface area contributed by atoms with Crippen molar-refractivity contribution in [3.63, 3.8) is 0 Å². The van der Waals surface area contributed by atoms with E-state index in [1.165, 1.54) is 0 Å². The normalized spacial score (nSPS) is 44.0. The lowest BCUT2D eigenvalue weighted by molar-refractivity contribution is -0.231. The summed E-state index contributed by atoms with van der Waals surface area (Å²) in [6.07, 6.45) is -0.806. The molecule has 0 saturated carbocycles. The zero-order valence-electron chi connectivity index (χ0n) is 9.30. The van der Waals surface area contributed by atoms with Gasteiger partial charge in [0.2, 0.25) is 0 Å². The maximum absolute atomic E-state index is 9.21. The fraction of sp³-hybridized carbons (Fsp3) is 1.00. The van der Waals surface area contributed by atoms with Gasteiger partial charge in [-0.15, -0.1) is 0 Å². The molecule has 2 aliphatic rings. The van der Waals surface area contributed by atoms with Gasteiger partial charge >= 0.3 is 0 Å². The smallest absolute Gasteiger partial charge is 0.186 e. The minimum atomic E-state index is -0.632. The van der Waals surface area contributed by atoms with Crippen LogP contribution in [0.1, 0.15) is 13.8 Å². The second-order valence-corrected chi connectivity index (χ2v) is 4.44. The van der Waals surface area contributed by atoms with E-state index in [1.807, 2.05) is 13.8 Å². The minimum Gasteiger partial charge on any atom is -0.396 e. The first kappa shape index (κ1) is 11.3. The third-order valence-electron chi connectivity index (χ3n) is 2.84. The van der Waals surface area contributed by atoms with E-state index in [4.69, 9.17) is 18.9 Å². The Morgan fingerprint density at radius 2 is 2.00 bits per heavy atom. The Hall–Kier alpha value is -0.200. The van der Waals surface area contributed by atoms with Crippen LogP contribution < -0.4 is 0 Å². The molecule has 0 radical (unpaired) electrons. The maximum atomic E-state index is 9.21. The van der Waals surface area contributed by atoms with Gasteiger partial charge < -0.3 is 24.1 Å². The molecule has 0 aromatic heterocycles. The van der Waals surface area contributed by atoms with Crippen LogP contribution in [0.5, 0.6) is 0 Å². The van der Waals surface area contributed by atoms with Crippen molar-refractivity contribution in [3.05, 3.63) is 0 Å². The van der Waals surface area contributed by atoms with Crippen LogP contribution in [0.25, 0.3) is 0 Å². The highest BCUT2D eigenvalue weighted by molar-refractivity contribution is 4.91. The van der Waals surface area contributed by atoms with Gasteiger partial charge in [-0.1, -0.05) is 0 Å². The number of hydrogen-bond acceptors (Lipinski definition) is 5. The van der Waals surface area contributed by atoms with Gasteiger partial charge in [0.15, 0.2) is 12.1 Å². The Bertz CT molecular complexity index is 208. The van der Waals surface area contributed by atoms with E-state index in [0.717, 1.165) is 0 Å². The Kier molecular flexibility index (Phi) is 3.00. The summed E-state index contributed by atoms with van der Waals surface area (Å²) in [6.45, 7) is 4.19. The summed E-state index contributed by atoms with van der Waals surface area (Å²) in [5.41, 5.74) is 0. The van der Waals surface area contributed by atoms with Gasteiger partial charge in [0.05, 0.1) is 19.3 Å². The number of ether oxygens (including phenoxy) is 4. The van der Waals surface area contributed by atoms with E-state index in [0.29, 0.717) is 6.61 Å². The average molecular weight is 218 g/mol. The van der Waals surface area contributed by atoms with Crippen molar-refractivity contribution >= 4 is 0 Å². The molecule has 15 heavy (non-hydrogen) atoms. The van der Waals surface area contributed by atoms with Crippen molar-refractivity contribution in [3.8, 4) is 0 Å². The van der Waals surface area contributed by atoms with Crippen LogP contribution in [0.2, 0.25) is 0 Å². The second-order valence-electron chi connectivity index (χ2n) is 4.44. The largest absolute Gasteiger partial charge is 0.396 e. The summed E-state index contributed by atoms with van der Waals surface area (Å²) >= 11 is 0. The van der Waals surface area contributed by atoms with Crippen LogP contribution in [0.3, 0.4) is 0 Å². The molecule has 0 aromatic carbocycles. The van der Waals surface area contributed by atoms with E-state index in [2.05, 4.69) is 0 Å². The van der Waals surface area contributed by atoms with Crippen LogP contribution in [-0.4, -0.2) is 49.7 Å². The standard InChI is InChI=1S/C10H18O5/c1-10(2)14-7-6(4-11)5-13-9(12-3)8(7)15-10/h6-9,11H,4-5H2,1-3H3/t6-,7?,8?,9?/m1/s1. The number of rotatable bonds is 2. The molecule has 2 saturated heterocycles. The first-order chi connectivity index (χ1) is 7.07. The van der Waals surface area contributed by atoms with Crippen molar-refractivity contribution in [2.24, 2.45) is 5.92 Å². The summed E-state index contributed by atoms with van der Waals surface area (Å²) in [5.74, 6) is -0.670. The summed E-state index contributed by atoms with van der Waals surface area (Å²) in [6, 6.07) is 0. The molecule has 0 aliphatic carbocycles. The molecule has 3 unspecified atom stereocenters. The Morgan fingerprint density at radius 1 is 1.33 bits per heavy atom. The van der Waals surface area contributed by atoms with Gasteiger partial charge in [-0.2, -0.15) is 0 Å². The topological polar surface area (TPSA) is 57.2 Å². The predicted octanol–water partition coefficient (Wildman–Crippen LogP) is 0.118. The second kappa shape index (κ2) is 3.99. The zero-order valence-corrected chi connectivity index (χ0v) is 9.30. The molecular formula is C10H18O5. The van der Waals surface area contributed by atoms with Crippen LogP contribution in [-0.2, 0) is 18.9 Å². The molecule has 2 aliphatic heterocycles. The highest BCUT2D eigenvalue weighted by Crippen LogP contribution is 2.37. The van der Waals surface area contributed by atoms with Crippen LogP contribution in [0, 0.1) is 5.92 Å². The molecule has 0 aromatic rings. The van der Waals surface area contributed by atoms with Crippen molar-refractivity contribution in [1.82, 2.24) is 0 Å². The van der Waals surface area contributed by atoms with Crippen molar-refractivity contribution in [2.45, 2.75) is 38.1 Å². The lowest BCUT2D eigenvalue weighted by atomic mass is 9.96. The average Bonchev–Trinajstić information content (AvgIpc) is 2.51. The van der Waals surface area contributed by atoms with E-state index >= 15 is 0 Å². The van der Waals surface area contributed by atoms with E-state index in [-0.39, 0.29) is 24.7 Å². The van der Waals surface area contributed by atoms with Crippen LogP contribution >= 0.6 is 0 Å². The third-order valence-corrected chi connectivity index (χ3v) is 2.84. The molecule has 2 heterocycles. The molecule has 0 spiro atoms. The molecule has 2 fully saturated rings. The van der Waals surface area contributed by atoms with Gasteiger partial charge in [0.25, 0.3) is 0 Å². The predicted molar refractivity (Wildman–Crippen MR) is 51.1 cm³/mol. The third kappa shape index (κ3) is 2.03. The van der Waals surface area contributed by atoms with E-state index in [9.17, 15) is 5.11 Å². The van der Waals surface area contributed by atoms with Crippen LogP contribution in [0.15, 0.2) is 0 Å². The molecule has 4 atom stereocenters. The zero-order chi connectivity index (χ0) is 11.1. The highest BCUT2D eigenvalue weighted by Gasteiger charge is 2.51. The molecule has 0 bridgehead atoms. The molecule has 5 nitrogen and oxygen atoms in total. The summed E-state index contributed by atoms with van der Waals surface area (Å²) in [4.78, 5) is 0. The lowest BCUT2D eigenvalue weighted by Gasteiger charge is -2.35. The Morgan fingerprint density at radius 3 is 2.60 bits per heavy atom. The van der Waals surface area contributed by atoms with Gasteiger partial charge in [-0.25, -0.2) is 0 Å². The maximum Gasteiger partial charge on any atom is 0.186 e. The van der Waals surface area contributed by atoms with E-state index in [1.54, 1.807) is 7.11 Å². The number of hydrogen-bond donors (Lipinski definition) is 1. The molecule has 1 N–H and O–H groups in total. The van der Waals surface area contributed by atoms with Crippen molar-refractivity contribution < 1.29 is 24.1 Å². The van der Waals surface area contributed by atoms with Gasteiger partial charge in [-0.05, 0) is 13.8 Å². The summed E-state index contributed by atoms with van der Waals surface area (Å²) < 4.78 is 22.1. The quantitative estimate of drug-likeness (QED) is 0.713. The van der Waals surface area contributed by atoms with Crippen molar-refractivity contribution in [2.75, 3.05) is 20.3 Å². The molecular weight excluding hydrogens is 200 g/mol. The fourth-order valence-corrected chi connectivity index (χ4v) is 2.16. The van der Waals surface area contributed by atoms with E-state index < -0.39 is 12.1 Å². The van der Waals surface area contributed by atoms with Gasteiger partial charge in [-0.3, -0.25) is 0 Å². The minimum absolute atomic E-state index is 0.0387. The molecule has 88 valence electrons. The fourth-order valence-electron chi connectivity index (χ4n) is 2.16. The van der Waals surface area contributed by atoms with Crippen LogP contribution in [0.4, 0.5) is 0 Å². The lowest BCUT2D eigenvalue weighted by Crippen LogP contribution is -2.50. The number of aliphatic hydroxyl groups is 1. The SMILES string of the molecule is COC1OC[C@@H](CO)C2OC(C)(C)OC12. The first-order valence-electron chi connectivity index (χ1n) is 5.18. The number of methoxy groups -OCH3 is 1. The Labute approximate surface area is 89.3 Å². The molecule has 2 rings (SSSR count). The molecule has 5 heteroatoms.